The van der Waals surface area contributed by atoms with Gasteiger partial charge in [-0.2, -0.15) is 0 Å². The van der Waals surface area contributed by atoms with Crippen molar-refractivity contribution in [3.05, 3.63) is 71.8 Å². The minimum absolute atomic E-state index is 0.0718. The molecule has 160 valence electrons. The Bertz CT molecular complexity index is 979. The normalized spacial score (nSPS) is 26.1. The number of aliphatic imine (C=N–C) groups is 3. The molecule has 0 saturated carbocycles. The Morgan fingerprint density at radius 1 is 0.742 bits per heavy atom. The fourth-order valence-corrected chi connectivity index (χ4v) is 4.10. The van der Waals surface area contributed by atoms with Gasteiger partial charge in [-0.05, 0) is 31.9 Å². The average Bonchev–Trinajstić information content (AvgIpc) is 3.54. The third kappa shape index (κ3) is 3.60. The molecule has 0 radical (unpaired) electrons. The summed E-state index contributed by atoms with van der Waals surface area (Å²) in [5.41, 5.74) is 1.02. The minimum atomic E-state index is -0.902. The van der Waals surface area contributed by atoms with E-state index in [1.807, 2.05) is 43.3 Å². The van der Waals surface area contributed by atoms with Crippen LogP contribution in [-0.4, -0.2) is 43.1 Å². The number of benzene rings is 2. The molecular formula is C25H27N3O3. The SMILES string of the molecule is CC1(C)COC(C(C)(C2=NC(c3ccccc3)CO2)C2=NC(c3ccccc3)CO2)=N1. The summed E-state index contributed by atoms with van der Waals surface area (Å²) in [6, 6.07) is 20.2. The quantitative estimate of drug-likeness (QED) is 0.717. The average molecular weight is 418 g/mol. The van der Waals surface area contributed by atoms with E-state index in [4.69, 9.17) is 29.2 Å². The van der Waals surface area contributed by atoms with Crippen LogP contribution in [-0.2, 0) is 14.2 Å². The summed E-state index contributed by atoms with van der Waals surface area (Å²) in [4.78, 5) is 14.7. The second-order valence-corrected chi connectivity index (χ2v) is 8.99. The number of hydrogen-bond donors (Lipinski definition) is 0. The van der Waals surface area contributed by atoms with Crippen molar-refractivity contribution in [2.75, 3.05) is 19.8 Å². The molecule has 2 unspecified atom stereocenters. The minimum Gasteiger partial charge on any atom is -0.477 e. The summed E-state index contributed by atoms with van der Waals surface area (Å²) in [5, 5.41) is 0. The van der Waals surface area contributed by atoms with E-state index in [0.717, 1.165) is 11.1 Å². The Labute approximate surface area is 182 Å². The van der Waals surface area contributed by atoms with E-state index >= 15 is 0 Å². The van der Waals surface area contributed by atoms with Crippen LogP contribution in [0.5, 0.6) is 0 Å². The summed E-state index contributed by atoms with van der Waals surface area (Å²) in [7, 11) is 0. The molecule has 0 spiro atoms. The number of ether oxygens (including phenoxy) is 3. The van der Waals surface area contributed by atoms with Crippen LogP contribution < -0.4 is 0 Å². The van der Waals surface area contributed by atoms with E-state index < -0.39 is 5.41 Å². The molecule has 0 aromatic heterocycles. The zero-order valence-corrected chi connectivity index (χ0v) is 18.1. The Kier molecular flexibility index (Phi) is 4.80. The number of nitrogens with zero attached hydrogens (tertiary/aromatic N) is 3. The van der Waals surface area contributed by atoms with Gasteiger partial charge in [0.25, 0.3) is 0 Å². The predicted molar refractivity (Wildman–Crippen MR) is 121 cm³/mol. The molecule has 3 aliphatic heterocycles. The molecule has 0 aliphatic carbocycles. The first kappa shape index (κ1) is 19.8. The first-order valence-corrected chi connectivity index (χ1v) is 10.7. The third-order valence-corrected chi connectivity index (χ3v) is 5.92. The lowest BCUT2D eigenvalue weighted by molar-refractivity contribution is 0.242. The van der Waals surface area contributed by atoms with Crippen LogP contribution in [0.1, 0.15) is 44.0 Å². The highest BCUT2D eigenvalue weighted by Crippen LogP contribution is 2.39. The predicted octanol–water partition coefficient (Wildman–Crippen LogP) is 4.54. The topological polar surface area (TPSA) is 64.8 Å². The van der Waals surface area contributed by atoms with Crippen molar-refractivity contribution < 1.29 is 14.2 Å². The lowest BCUT2D eigenvalue weighted by Gasteiger charge is -2.26. The molecule has 3 aliphatic rings. The van der Waals surface area contributed by atoms with Gasteiger partial charge in [0.2, 0.25) is 17.7 Å². The van der Waals surface area contributed by atoms with Gasteiger partial charge < -0.3 is 14.2 Å². The monoisotopic (exact) mass is 417 g/mol. The molecule has 5 rings (SSSR count). The van der Waals surface area contributed by atoms with E-state index in [1.54, 1.807) is 0 Å². The maximum Gasteiger partial charge on any atom is 0.209 e. The summed E-state index contributed by atoms with van der Waals surface area (Å²) in [5.74, 6) is 1.65. The van der Waals surface area contributed by atoms with Gasteiger partial charge in [-0.25, -0.2) is 15.0 Å². The van der Waals surface area contributed by atoms with Gasteiger partial charge in [0.15, 0.2) is 5.41 Å². The van der Waals surface area contributed by atoms with Crippen LogP contribution >= 0.6 is 0 Å². The molecule has 6 nitrogen and oxygen atoms in total. The first-order chi connectivity index (χ1) is 15.0. The summed E-state index contributed by atoms with van der Waals surface area (Å²) in [6.07, 6.45) is 0. The van der Waals surface area contributed by atoms with E-state index in [2.05, 4.69) is 38.1 Å². The highest BCUT2D eigenvalue weighted by molar-refractivity contribution is 6.23. The van der Waals surface area contributed by atoms with E-state index in [1.165, 1.54) is 0 Å². The van der Waals surface area contributed by atoms with E-state index in [-0.39, 0.29) is 17.6 Å². The second kappa shape index (κ2) is 7.52. The molecular weight excluding hydrogens is 390 g/mol. The summed E-state index contributed by atoms with van der Waals surface area (Å²) >= 11 is 0. The third-order valence-electron chi connectivity index (χ3n) is 5.92. The fraction of sp³-hybridized carbons (Fsp3) is 0.400. The molecule has 0 N–H and O–H groups in total. The summed E-state index contributed by atoms with van der Waals surface area (Å²) < 4.78 is 18.4. The number of hydrogen-bond acceptors (Lipinski definition) is 6. The van der Waals surface area contributed by atoms with Crippen LogP contribution in [0.2, 0.25) is 0 Å². The molecule has 0 fully saturated rings. The van der Waals surface area contributed by atoms with Crippen molar-refractivity contribution in [3.8, 4) is 0 Å². The Morgan fingerprint density at radius 3 is 1.65 bits per heavy atom. The van der Waals surface area contributed by atoms with E-state index in [0.29, 0.717) is 37.5 Å². The molecule has 3 heterocycles. The van der Waals surface area contributed by atoms with Crippen molar-refractivity contribution in [1.82, 2.24) is 0 Å². The van der Waals surface area contributed by atoms with Gasteiger partial charge >= 0.3 is 0 Å². The zero-order valence-electron chi connectivity index (χ0n) is 18.1. The van der Waals surface area contributed by atoms with Gasteiger partial charge in [-0.15, -0.1) is 0 Å². The van der Waals surface area contributed by atoms with Crippen LogP contribution in [0.15, 0.2) is 75.6 Å². The summed E-state index contributed by atoms with van der Waals surface area (Å²) in [6.45, 7) is 7.54. The number of rotatable bonds is 5. The van der Waals surface area contributed by atoms with Crippen molar-refractivity contribution >= 4 is 17.7 Å². The van der Waals surface area contributed by atoms with Gasteiger partial charge in [-0.3, -0.25) is 0 Å². The largest absolute Gasteiger partial charge is 0.477 e. The maximum atomic E-state index is 6.15. The smallest absolute Gasteiger partial charge is 0.209 e. The second-order valence-electron chi connectivity index (χ2n) is 8.99. The lowest BCUT2D eigenvalue weighted by Crippen LogP contribution is -2.44. The van der Waals surface area contributed by atoms with Crippen molar-refractivity contribution in [2.45, 2.75) is 38.4 Å². The van der Waals surface area contributed by atoms with Gasteiger partial charge in [0.1, 0.15) is 31.9 Å². The Morgan fingerprint density at radius 2 is 1.23 bits per heavy atom. The van der Waals surface area contributed by atoms with Gasteiger partial charge in [-0.1, -0.05) is 60.7 Å². The molecule has 2 aromatic rings. The van der Waals surface area contributed by atoms with Crippen LogP contribution in [0.3, 0.4) is 0 Å². The molecule has 6 heteroatoms. The first-order valence-electron chi connectivity index (χ1n) is 10.7. The highest BCUT2D eigenvalue weighted by Gasteiger charge is 2.53. The molecule has 0 saturated heterocycles. The molecule has 2 atom stereocenters. The fourth-order valence-electron chi connectivity index (χ4n) is 4.10. The van der Waals surface area contributed by atoms with Crippen molar-refractivity contribution in [1.29, 1.82) is 0 Å². The van der Waals surface area contributed by atoms with Gasteiger partial charge in [0, 0.05) is 0 Å². The molecule has 31 heavy (non-hydrogen) atoms. The van der Waals surface area contributed by atoms with Gasteiger partial charge in [0.05, 0.1) is 5.54 Å². The van der Waals surface area contributed by atoms with Crippen molar-refractivity contribution in [3.63, 3.8) is 0 Å². The standard InChI is InChI=1S/C25H27N3O3/c1-24(2)16-31-23(28-24)25(3,21-26-19(14-29-21)17-10-6-4-7-11-17)22-27-20(15-30-22)18-12-8-5-9-13-18/h4-13,19-20H,14-16H2,1-3H3. The van der Waals surface area contributed by atoms with E-state index in [9.17, 15) is 0 Å². The Hall–Kier alpha value is -3.15. The van der Waals surface area contributed by atoms with Crippen molar-refractivity contribution in [2.24, 2.45) is 20.4 Å². The molecule has 0 bridgehead atoms. The maximum absolute atomic E-state index is 6.15. The molecule has 0 amide bonds. The highest BCUT2D eigenvalue weighted by atomic mass is 16.5. The van der Waals surface area contributed by atoms with Crippen LogP contribution in [0, 0.1) is 5.41 Å². The Balaban J connectivity index is 1.54. The zero-order chi connectivity index (χ0) is 21.5. The molecule has 2 aromatic carbocycles. The van der Waals surface area contributed by atoms with Crippen LogP contribution in [0.25, 0.3) is 0 Å². The lowest BCUT2D eigenvalue weighted by atomic mass is 9.89. The van der Waals surface area contributed by atoms with Crippen LogP contribution in [0.4, 0.5) is 0 Å².